The van der Waals surface area contributed by atoms with Crippen LogP contribution in [0, 0.1) is 0 Å². The molecule has 2 aliphatic heterocycles. The first kappa shape index (κ1) is 27.6. The topological polar surface area (TPSA) is 120 Å². The van der Waals surface area contributed by atoms with Crippen LogP contribution in [-0.4, -0.2) is 69.6 Å². The van der Waals surface area contributed by atoms with Crippen molar-refractivity contribution in [1.29, 1.82) is 0 Å². The number of rotatable bonds is 9. The summed E-state index contributed by atoms with van der Waals surface area (Å²) in [5.41, 5.74) is -1.17. The van der Waals surface area contributed by atoms with Gasteiger partial charge < -0.3 is 14.2 Å². The number of β-lactam (4-membered cyclic amide) rings is 1. The van der Waals surface area contributed by atoms with Crippen LogP contribution in [0.25, 0.3) is 0 Å². The molecule has 0 N–H and O–H groups in total. The molecule has 1 fully saturated rings. The lowest BCUT2D eigenvalue weighted by molar-refractivity contribution is -0.226. The highest BCUT2D eigenvalue weighted by Crippen LogP contribution is 2.47. The van der Waals surface area contributed by atoms with Crippen LogP contribution >= 0.6 is 25.0 Å². The Hall–Kier alpha value is -3.38. The lowest BCUT2D eigenvalue weighted by Crippen LogP contribution is -2.78. The number of methoxy groups -OCH3 is 1. The van der Waals surface area contributed by atoms with Gasteiger partial charge in [-0.05, 0) is 58.5 Å². The molecule has 0 spiro atoms. The van der Waals surface area contributed by atoms with E-state index in [0.29, 0.717) is 11.3 Å². The van der Waals surface area contributed by atoms with Crippen LogP contribution in [0.5, 0.6) is 5.75 Å². The molecule has 2 unspecified atom stereocenters. The van der Waals surface area contributed by atoms with Gasteiger partial charge >= 0.3 is 17.7 Å². The van der Waals surface area contributed by atoms with Gasteiger partial charge in [0.05, 0.1) is 29.5 Å². The summed E-state index contributed by atoms with van der Waals surface area (Å²) in [5, 5.41) is 0. The predicted molar refractivity (Wildman–Crippen MR) is 140 cm³/mol. The van der Waals surface area contributed by atoms with Crippen LogP contribution < -0.4 is 4.74 Å². The van der Waals surface area contributed by atoms with Crippen molar-refractivity contribution in [2.45, 2.75) is 43.9 Å². The van der Waals surface area contributed by atoms with Crippen molar-refractivity contribution >= 4 is 54.7 Å². The maximum atomic E-state index is 13.7. The average Bonchev–Trinajstić information content (AvgIpc) is 3.15. The minimum atomic E-state index is -2.20. The Morgan fingerprint density at radius 1 is 1.03 bits per heavy atom. The monoisotopic (exact) mass is 604 g/mol. The van der Waals surface area contributed by atoms with Gasteiger partial charge in [-0.3, -0.25) is 29.0 Å². The van der Waals surface area contributed by atoms with E-state index in [1.165, 1.54) is 19.2 Å². The number of fused-ring (bicyclic) bond motifs is 1. The lowest BCUT2D eigenvalue weighted by atomic mass is 9.90. The normalized spacial score (nSPS) is 18.4. The zero-order valence-corrected chi connectivity index (χ0v) is 23.5. The van der Waals surface area contributed by atoms with Crippen molar-refractivity contribution in [3.8, 4) is 5.75 Å². The van der Waals surface area contributed by atoms with E-state index >= 15 is 0 Å². The highest BCUT2D eigenvalue weighted by atomic mass is 79.9. The first-order valence-corrected chi connectivity index (χ1v) is 14.2. The molecule has 2 atom stereocenters. The van der Waals surface area contributed by atoms with E-state index in [2.05, 4.69) is 14.8 Å². The summed E-state index contributed by atoms with van der Waals surface area (Å²) in [5.74, 6) is -3.10. The number of carbonyl (C=O) groups excluding carboxylic acids is 5. The molecule has 200 valence electrons. The van der Waals surface area contributed by atoms with Crippen LogP contribution in [0.15, 0.2) is 48.5 Å². The predicted octanol–water partition coefficient (Wildman–Crippen LogP) is 3.33. The van der Waals surface area contributed by atoms with Gasteiger partial charge in [0, 0.05) is 6.92 Å². The smallest absolute Gasteiger partial charge is 0.374 e. The number of amides is 3. The first-order chi connectivity index (χ1) is 18.0. The molecule has 10 nitrogen and oxygen atoms in total. The number of benzene rings is 2. The van der Waals surface area contributed by atoms with E-state index in [9.17, 15) is 24.0 Å². The third-order valence-electron chi connectivity index (χ3n) is 6.53. The van der Waals surface area contributed by atoms with Gasteiger partial charge in [0.1, 0.15) is 18.4 Å². The number of hydrogen-bond acceptors (Lipinski definition) is 9. The molecule has 2 heterocycles. The summed E-state index contributed by atoms with van der Waals surface area (Å²) in [4.78, 5) is 67.4. The van der Waals surface area contributed by atoms with E-state index in [-0.39, 0.29) is 24.3 Å². The lowest BCUT2D eigenvalue weighted by Gasteiger charge is -2.54. The minimum absolute atomic E-state index is 0.168. The Balaban J connectivity index is 1.64. The number of imide groups is 1. The SMILES string of the molecule is COc1ccc(COC(=O)C(OC(C)=O)(N2CC(N3C(=O)c4ccccc4C3=O)C2=O)C(C)(C)SBr)cc1. The average molecular weight is 605 g/mol. The quantitative estimate of drug-likeness (QED) is 0.241. The first-order valence-electron chi connectivity index (χ1n) is 11.6. The molecule has 0 bridgehead atoms. The van der Waals surface area contributed by atoms with E-state index in [1.54, 1.807) is 50.2 Å². The summed E-state index contributed by atoms with van der Waals surface area (Å²) >= 11 is 3.29. The van der Waals surface area contributed by atoms with Crippen molar-refractivity contribution in [3.63, 3.8) is 0 Å². The summed E-state index contributed by atoms with van der Waals surface area (Å²) in [7, 11) is 2.54. The second-order valence-electron chi connectivity index (χ2n) is 9.24. The number of esters is 2. The summed E-state index contributed by atoms with van der Waals surface area (Å²) < 4.78 is 15.1. The standard InChI is InChI=1S/C26H25BrN2O8S/c1-15(30)37-26(25(2,3)38-27,24(34)36-14-16-9-11-17(35-4)12-10-16)28-13-20(23(28)33)29-21(31)18-7-5-6-8-19(18)22(29)32/h5-12,20H,13-14H2,1-4H3. The minimum Gasteiger partial charge on any atom is -0.497 e. The molecule has 2 aromatic carbocycles. The molecule has 1 saturated heterocycles. The molecule has 0 aromatic heterocycles. The molecule has 4 rings (SSSR count). The molecular weight excluding hydrogens is 580 g/mol. The summed E-state index contributed by atoms with van der Waals surface area (Å²) in [6.07, 6.45) is 0. The van der Waals surface area contributed by atoms with Crippen molar-refractivity contribution in [2.75, 3.05) is 13.7 Å². The van der Waals surface area contributed by atoms with E-state index < -0.39 is 46.2 Å². The molecule has 2 aliphatic rings. The van der Waals surface area contributed by atoms with Crippen molar-refractivity contribution in [1.82, 2.24) is 9.80 Å². The maximum absolute atomic E-state index is 13.7. The van der Waals surface area contributed by atoms with Crippen LogP contribution in [-0.2, 0) is 30.5 Å². The van der Waals surface area contributed by atoms with E-state index in [4.69, 9.17) is 14.2 Å². The van der Waals surface area contributed by atoms with Crippen molar-refractivity contribution in [2.24, 2.45) is 0 Å². The van der Waals surface area contributed by atoms with Gasteiger partial charge in [0.15, 0.2) is 0 Å². The highest BCUT2D eigenvalue weighted by Gasteiger charge is 2.67. The third-order valence-corrected chi connectivity index (χ3v) is 9.62. The van der Waals surface area contributed by atoms with Gasteiger partial charge in [0.2, 0.25) is 0 Å². The molecule has 2 aromatic rings. The van der Waals surface area contributed by atoms with Gasteiger partial charge in [-0.2, -0.15) is 0 Å². The molecule has 0 aliphatic carbocycles. The number of likely N-dealkylation sites (tertiary alicyclic amines) is 1. The summed E-state index contributed by atoms with van der Waals surface area (Å²) in [6, 6.07) is 11.9. The number of halogens is 1. The zero-order chi connectivity index (χ0) is 27.8. The Kier molecular flexibility index (Phi) is 7.57. The Bertz CT molecular complexity index is 1280. The molecule has 3 amide bonds. The van der Waals surface area contributed by atoms with E-state index in [0.717, 1.165) is 26.9 Å². The maximum Gasteiger partial charge on any atom is 0.374 e. The number of nitrogens with zero attached hydrogens (tertiary/aromatic N) is 2. The van der Waals surface area contributed by atoms with Crippen molar-refractivity contribution in [3.05, 3.63) is 65.2 Å². The Morgan fingerprint density at radius 3 is 2.08 bits per heavy atom. The molecule has 0 radical (unpaired) electrons. The summed E-state index contributed by atoms with van der Waals surface area (Å²) in [6.45, 7) is 3.93. The fourth-order valence-electron chi connectivity index (χ4n) is 4.50. The zero-order valence-electron chi connectivity index (χ0n) is 21.1. The second kappa shape index (κ2) is 10.4. The van der Waals surface area contributed by atoms with Gasteiger partial charge in [-0.25, -0.2) is 4.79 Å². The second-order valence-corrected chi connectivity index (χ2v) is 11.4. The number of ether oxygens (including phenoxy) is 3. The van der Waals surface area contributed by atoms with Gasteiger partial charge in [-0.1, -0.05) is 34.5 Å². The fourth-order valence-corrected chi connectivity index (χ4v) is 5.50. The third kappa shape index (κ3) is 4.45. The van der Waals surface area contributed by atoms with Crippen molar-refractivity contribution < 1.29 is 38.2 Å². The van der Waals surface area contributed by atoms with Gasteiger partial charge in [0.25, 0.3) is 17.7 Å². The molecule has 0 saturated carbocycles. The largest absolute Gasteiger partial charge is 0.497 e. The van der Waals surface area contributed by atoms with Crippen LogP contribution in [0.2, 0.25) is 0 Å². The van der Waals surface area contributed by atoms with E-state index in [1.807, 2.05) is 0 Å². The van der Waals surface area contributed by atoms with Gasteiger partial charge in [-0.15, -0.1) is 0 Å². The van der Waals surface area contributed by atoms with Crippen LogP contribution in [0.3, 0.4) is 0 Å². The highest BCUT2D eigenvalue weighted by molar-refractivity contribution is 9.50. The number of hydrogen-bond donors (Lipinski definition) is 0. The molecule has 38 heavy (non-hydrogen) atoms. The Morgan fingerprint density at radius 2 is 1.61 bits per heavy atom. The Labute approximate surface area is 230 Å². The molecule has 12 heteroatoms. The fraction of sp³-hybridized carbons (Fsp3) is 0.346. The van der Waals surface area contributed by atoms with Crippen LogP contribution in [0.4, 0.5) is 0 Å². The molecular formula is C26H25BrN2O8S. The van der Waals surface area contributed by atoms with Crippen LogP contribution in [0.1, 0.15) is 47.1 Å². The number of carbonyl (C=O) groups is 5.